The number of hydrogen-bond acceptors (Lipinski definition) is 6. The Balaban J connectivity index is 1.69. The summed E-state index contributed by atoms with van der Waals surface area (Å²) in [4.78, 5) is 33.4. The van der Waals surface area contributed by atoms with E-state index in [1.54, 1.807) is 0 Å². The van der Waals surface area contributed by atoms with Gasteiger partial charge in [0.15, 0.2) is 6.61 Å². The third-order valence-electron chi connectivity index (χ3n) is 3.61. The van der Waals surface area contributed by atoms with Gasteiger partial charge in [0.25, 0.3) is 11.6 Å². The van der Waals surface area contributed by atoms with Crippen LogP contribution < -0.4 is 10.1 Å². The molecule has 0 aliphatic carbocycles. The number of non-ortho nitro benzene ring substituents is 1. The number of nitro benzene ring substituents is 1. The molecular weight excluding hydrogens is 371 g/mol. The fraction of sp³-hybridized carbons (Fsp3) is 0.263. The molecular formula is C19H19FN2O6. The number of aryl methyl sites for hydroxylation is 1. The van der Waals surface area contributed by atoms with Gasteiger partial charge in [-0.15, -0.1) is 0 Å². The molecule has 0 atom stereocenters. The summed E-state index contributed by atoms with van der Waals surface area (Å²) >= 11 is 0. The van der Waals surface area contributed by atoms with E-state index in [-0.39, 0.29) is 17.8 Å². The van der Waals surface area contributed by atoms with Gasteiger partial charge in [0.2, 0.25) is 0 Å². The fourth-order valence-electron chi connectivity index (χ4n) is 2.17. The number of anilines is 1. The molecule has 0 heterocycles. The maximum atomic E-state index is 13.6. The second-order valence-corrected chi connectivity index (χ2v) is 5.90. The normalized spacial score (nSPS) is 10.2. The molecule has 2 aromatic rings. The number of halogens is 1. The summed E-state index contributed by atoms with van der Waals surface area (Å²) in [6.07, 6.45) is 0.443. The highest BCUT2D eigenvalue weighted by molar-refractivity contribution is 5.93. The van der Waals surface area contributed by atoms with Crippen molar-refractivity contribution in [1.29, 1.82) is 0 Å². The Labute approximate surface area is 160 Å². The van der Waals surface area contributed by atoms with Gasteiger partial charge in [0.1, 0.15) is 11.6 Å². The maximum Gasteiger partial charge on any atom is 0.306 e. The summed E-state index contributed by atoms with van der Waals surface area (Å²) < 4.78 is 23.9. The Bertz CT molecular complexity index is 854. The second kappa shape index (κ2) is 10.0. The van der Waals surface area contributed by atoms with Crippen molar-refractivity contribution in [3.8, 4) is 5.75 Å². The number of carbonyl (C=O) groups is 2. The summed E-state index contributed by atoms with van der Waals surface area (Å²) in [7, 11) is 0. The van der Waals surface area contributed by atoms with Crippen LogP contribution in [-0.2, 0) is 14.3 Å². The monoisotopic (exact) mass is 390 g/mol. The molecule has 1 N–H and O–H groups in total. The number of nitrogens with zero attached hydrogens (tertiary/aromatic N) is 1. The van der Waals surface area contributed by atoms with E-state index < -0.39 is 29.2 Å². The highest BCUT2D eigenvalue weighted by atomic mass is 19.1. The standard InChI is InChI=1S/C19H19FN2O6/c1-13-4-7-15(8-5-13)27-10-2-3-19(24)28-12-18(23)21-17-11-14(22(25)26)6-9-16(17)20/h4-9,11H,2-3,10,12H2,1H3,(H,21,23). The van der Waals surface area contributed by atoms with Crippen molar-refractivity contribution in [2.45, 2.75) is 19.8 Å². The molecule has 9 heteroatoms. The van der Waals surface area contributed by atoms with Crippen molar-refractivity contribution >= 4 is 23.3 Å². The lowest BCUT2D eigenvalue weighted by Gasteiger charge is -2.08. The zero-order chi connectivity index (χ0) is 20.5. The van der Waals surface area contributed by atoms with Crippen LogP contribution in [0.2, 0.25) is 0 Å². The Morgan fingerprint density at radius 2 is 1.89 bits per heavy atom. The van der Waals surface area contributed by atoms with Crippen LogP contribution in [0.25, 0.3) is 0 Å². The Hall–Kier alpha value is -3.49. The van der Waals surface area contributed by atoms with E-state index in [1.807, 2.05) is 31.2 Å². The van der Waals surface area contributed by atoms with E-state index in [9.17, 15) is 24.1 Å². The number of hydrogen-bond donors (Lipinski definition) is 1. The minimum atomic E-state index is -0.835. The molecule has 0 aliphatic heterocycles. The predicted molar refractivity (Wildman–Crippen MR) is 98.6 cm³/mol. The number of benzene rings is 2. The third-order valence-corrected chi connectivity index (χ3v) is 3.61. The number of amides is 1. The minimum absolute atomic E-state index is 0.0459. The van der Waals surface area contributed by atoms with Crippen molar-refractivity contribution in [3.05, 3.63) is 64.0 Å². The van der Waals surface area contributed by atoms with Gasteiger partial charge >= 0.3 is 5.97 Å². The van der Waals surface area contributed by atoms with E-state index in [4.69, 9.17) is 9.47 Å². The van der Waals surface area contributed by atoms with Gasteiger partial charge in [-0.3, -0.25) is 19.7 Å². The lowest BCUT2D eigenvalue weighted by atomic mass is 10.2. The molecule has 2 aromatic carbocycles. The molecule has 0 saturated heterocycles. The van der Waals surface area contributed by atoms with Gasteiger partial charge in [-0.25, -0.2) is 4.39 Å². The zero-order valence-electron chi connectivity index (χ0n) is 15.1. The number of nitro groups is 1. The van der Waals surface area contributed by atoms with E-state index in [1.165, 1.54) is 0 Å². The first-order valence-electron chi connectivity index (χ1n) is 8.44. The lowest BCUT2D eigenvalue weighted by molar-refractivity contribution is -0.384. The van der Waals surface area contributed by atoms with E-state index >= 15 is 0 Å². The molecule has 0 fully saturated rings. The molecule has 0 radical (unpaired) electrons. The highest BCUT2D eigenvalue weighted by Gasteiger charge is 2.14. The first-order chi connectivity index (χ1) is 13.3. The Morgan fingerprint density at radius 1 is 1.18 bits per heavy atom. The lowest BCUT2D eigenvalue weighted by Crippen LogP contribution is -2.21. The largest absolute Gasteiger partial charge is 0.494 e. The topological polar surface area (TPSA) is 108 Å². The van der Waals surface area contributed by atoms with Crippen molar-refractivity contribution in [3.63, 3.8) is 0 Å². The first kappa shape index (κ1) is 20.8. The molecule has 0 spiro atoms. The number of carbonyl (C=O) groups excluding carboxylic acids is 2. The molecule has 0 unspecified atom stereocenters. The summed E-state index contributed by atoms with van der Waals surface area (Å²) in [5.74, 6) is -1.55. The van der Waals surface area contributed by atoms with E-state index in [2.05, 4.69) is 5.32 Å². The van der Waals surface area contributed by atoms with Crippen LogP contribution in [0.4, 0.5) is 15.8 Å². The van der Waals surface area contributed by atoms with Gasteiger partial charge < -0.3 is 14.8 Å². The zero-order valence-corrected chi connectivity index (χ0v) is 15.1. The van der Waals surface area contributed by atoms with E-state index in [0.29, 0.717) is 18.8 Å². The quantitative estimate of drug-likeness (QED) is 0.304. The third kappa shape index (κ3) is 6.67. The van der Waals surface area contributed by atoms with Crippen LogP contribution in [-0.4, -0.2) is 30.0 Å². The number of ether oxygens (including phenoxy) is 2. The van der Waals surface area contributed by atoms with Crippen LogP contribution >= 0.6 is 0 Å². The van der Waals surface area contributed by atoms with Crippen molar-refractivity contribution in [2.75, 3.05) is 18.5 Å². The molecule has 148 valence electrons. The van der Waals surface area contributed by atoms with Crippen molar-refractivity contribution in [2.24, 2.45) is 0 Å². The molecule has 0 aliphatic rings. The predicted octanol–water partition coefficient (Wildman–Crippen LogP) is 3.38. The van der Waals surface area contributed by atoms with Crippen molar-refractivity contribution < 1.29 is 28.4 Å². The molecule has 0 saturated carbocycles. The van der Waals surface area contributed by atoms with Crippen LogP contribution in [0.1, 0.15) is 18.4 Å². The van der Waals surface area contributed by atoms with Gasteiger partial charge in [0.05, 0.1) is 17.2 Å². The average Bonchev–Trinajstić information content (AvgIpc) is 2.66. The minimum Gasteiger partial charge on any atom is -0.494 e. The summed E-state index contributed by atoms with van der Waals surface area (Å²) in [6, 6.07) is 10.2. The molecule has 0 bridgehead atoms. The Kier molecular flexibility index (Phi) is 7.44. The molecule has 2 rings (SSSR count). The molecule has 8 nitrogen and oxygen atoms in total. The smallest absolute Gasteiger partial charge is 0.306 e. The summed E-state index contributed by atoms with van der Waals surface area (Å²) in [5.41, 5.74) is 0.378. The SMILES string of the molecule is Cc1ccc(OCCCC(=O)OCC(=O)Nc2cc([N+](=O)[O-])ccc2F)cc1. The summed E-state index contributed by atoms with van der Waals surface area (Å²) in [5, 5.41) is 12.8. The van der Waals surface area contributed by atoms with Gasteiger partial charge in [-0.1, -0.05) is 17.7 Å². The van der Waals surface area contributed by atoms with Crippen LogP contribution in [0.15, 0.2) is 42.5 Å². The van der Waals surface area contributed by atoms with Crippen molar-refractivity contribution in [1.82, 2.24) is 0 Å². The maximum absolute atomic E-state index is 13.6. The van der Waals surface area contributed by atoms with E-state index in [0.717, 1.165) is 23.8 Å². The van der Waals surface area contributed by atoms with Gasteiger partial charge in [-0.05, 0) is 31.5 Å². The molecule has 0 aromatic heterocycles. The number of nitrogens with one attached hydrogen (secondary N) is 1. The second-order valence-electron chi connectivity index (χ2n) is 5.90. The fourth-order valence-corrected chi connectivity index (χ4v) is 2.17. The number of esters is 1. The van der Waals surface area contributed by atoms with Gasteiger partial charge in [-0.2, -0.15) is 0 Å². The van der Waals surface area contributed by atoms with Crippen LogP contribution in [0.3, 0.4) is 0 Å². The molecule has 1 amide bonds. The number of rotatable bonds is 9. The summed E-state index contributed by atoms with van der Waals surface area (Å²) in [6.45, 7) is 1.65. The Morgan fingerprint density at radius 3 is 2.57 bits per heavy atom. The van der Waals surface area contributed by atoms with Crippen LogP contribution in [0.5, 0.6) is 5.75 Å². The highest BCUT2D eigenvalue weighted by Crippen LogP contribution is 2.21. The average molecular weight is 390 g/mol. The van der Waals surface area contributed by atoms with Gasteiger partial charge in [0, 0.05) is 18.6 Å². The first-order valence-corrected chi connectivity index (χ1v) is 8.44. The van der Waals surface area contributed by atoms with Crippen LogP contribution in [0, 0.1) is 22.9 Å². The molecule has 28 heavy (non-hydrogen) atoms.